The van der Waals surface area contributed by atoms with E-state index in [0.717, 1.165) is 32.1 Å². The van der Waals surface area contributed by atoms with Gasteiger partial charge in [0.25, 0.3) is 0 Å². The molecule has 0 saturated carbocycles. The Morgan fingerprint density at radius 3 is 2.50 bits per heavy atom. The molecule has 1 rings (SSSR count). The summed E-state index contributed by atoms with van der Waals surface area (Å²) in [5.74, 6) is 0.825. The number of likely N-dealkylation sites (N-methyl/N-ethyl adjacent to an activating group) is 1. The zero-order valence-electron chi connectivity index (χ0n) is 12.5. The van der Waals surface area contributed by atoms with Gasteiger partial charge in [-0.05, 0) is 59.7 Å². The quantitative estimate of drug-likeness (QED) is 0.734. The molecule has 1 saturated heterocycles. The molecular weight excluding hydrogens is 224 g/mol. The molecule has 1 N–H and O–H groups in total. The van der Waals surface area contributed by atoms with Crippen molar-refractivity contribution in [1.29, 1.82) is 0 Å². The van der Waals surface area contributed by atoms with E-state index in [4.69, 9.17) is 0 Å². The van der Waals surface area contributed by atoms with Crippen LogP contribution in [0.1, 0.15) is 33.6 Å². The lowest BCUT2D eigenvalue weighted by Gasteiger charge is -2.34. The Labute approximate surface area is 112 Å². The first-order valence-electron chi connectivity index (χ1n) is 7.19. The van der Waals surface area contributed by atoms with E-state index < -0.39 is 0 Å². The highest BCUT2D eigenvalue weighted by atomic mass is 16.3. The molecule has 106 valence electrons. The molecule has 0 aromatic carbocycles. The van der Waals surface area contributed by atoms with Gasteiger partial charge in [0.05, 0.1) is 6.10 Å². The van der Waals surface area contributed by atoms with Crippen LogP contribution in [0.5, 0.6) is 0 Å². The van der Waals surface area contributed by atoms with Crippen molar-refractivity contribution < 1.29 is 5.11 Å². The van der Waals surface area contributed by atoms with E-state index in [1.165, 1.54) is 25.0 Å². The van der Waals surface area contributed by atoms with Crippen LogP contribution in [0.3, 0.4) is 0 Å². The topological polar surface area (TPSA) is 26.7 Å². The monoisotopic (exact) mass is 254 g/mol. The summed E-state index contributed by atoms with van der Waals surface area (Å²) in [6, 6.07) is 0. The van der Waals surface area contributed by atoms with Crippen LogP contribution in [-0.4, -0.2) is 60.8 Å². The van der Waals surface area contributed by atoms with Crippen molar-refractivity contribution in [3.8, 4) is 0 Å². The maximum Gasteiger partial charge on any atom is 0.0639 e. The van der Waals surface area contributed by atoms with E-state index in [1.54, 1.807) is 0 Å². The molecule has 1 fully saturated rings. The maximum atomic E-state index is 9.38. The average molecular weight is 254 g/mol. The predicted molar refractivity (Wildman–Crippen MR) is 77.8 cm³/mol. The van der Waals surface area contributed by atoms with Crippen LogP contribution in [0.4, 0.5) is 0 Å². The van der Waals surface area contributed by atoms with Gasteiger partial charge in [-0.25, -0.2) is 0 Å². The molecule has 1 aliphatic rings. The standard InChI is InChI=1S/C15H30N2O/c1-13(2)5-8-16(4)12-15-6-9-17(10-7-15)11-14(3)18/h5,14-15,18H,6-12H2,1-4H3. The van der Waals surface area contributed by atoms with Crippen molar-refractivity contribution in [2.45, 2.75) is 39.7 Å². The van der Waals surface area contributed by atoms with Crippen molar-refractivity contribution in [2.24, 2.45) is 5.92 Å². The van der Waals surface area contributed by atoms with Crippen molar-refractivity contribution in [3.63, 3.8) is 0 Å². The van der Waals surface area contributed by atoms with E-state index in [2.05, 4.69) is 36.8 Å². The molecular formula is C15H30N2O. The fourth-order valence-corrected chi connectivity index (χ4v) is 2.58. The molecule has 0 radical (unpaired) electrons. The van der Waals surface area contributed by atoms with Crippen LogP contribution in [0, 0.1) is 5.92 Å². The summed E-state index contributed by atoms with van der Waals surface area (Å²) in [5, 5.41) is 9.38. The highest BCUT2D eigenvalue weighted by molar-refractivity contribution is 4.94. The molecule has 18 heavy (non-hydrogen) atoms. The summed E-state index contributed by atoms with van der Waals surface area (Å²) in [6.45, 7) is 11.6. The minimum atomic E-state index is -0.193. The molecule has 3 nitrogen and oxygen atoms in total. The Morgan fingerprint density at radius 1 is 1.39 bits per heavy atom. The van der Waals surface area contributed by atoms with Crippen LogP contribution in [0.2, 0.25) is 0 Å². The summed E-state index contributed by atoms with van der Waals surface area (Å²) in [7, 11) is 2.21. The molecule has 1 heterocycles. The molecule has 0 aliphatic carbocycles. The van der Waals surface area contributed by atoms with E-state index in [0.29, 0.717) is 0 Å². The highest BCUT2D eigenvalue weighted by Crippen LogP contribution is 2.18. The third kappa shape index (κ3) is 6.53. The second-order valence-corrected chi connectivity index (χ2v) is 6.10. The van der Waals surface area contributed by atoms with Gasteiger partial charge in [-0.1, -0.05) is 11.6 Å². The van der Waals surface area contributed by atoms with Gasteiger partial charge in [-0.15, -0.1) is 0 Å². The van der Waals surface area contributed by atoms with E-state index in [1.807, 2.05) is 6.92 Å². The Morgan fingerprint density at radius 2 is 2.00 bits per heavy atom. The highest BCUT2D eigenvalue weighted by Gasteiger charge is 2.20. The SMILES string of the molecule is CC(C)=CCN(C)CC1CCN(CC(C)O)CC1. The number of aliphatic hydroxyl groups is 1. The van der Waals surface area contributed by atoms with Crippen molar-refractivity contribution >= 4 is 0 Å². The Kier molecular flexibility index (Phi) is 6.90. The number of aliphatic hydroxyl groups excluding tert-OH is 1. The number of β-amino-alcohol motifs (C(OH)–C–C–N with tert-alkyl or cyclic N) is 1. The second kappa shape index (κ2) is 7.93. The fraction of sp³-hybridized carbons (Fsp3) is 0.867. The molecule has 0 bridgehead atoms. The van der Waals surface area contributed by atoms with Gasteiger partial charge in [-0.3, -0.25) is 0 Å². The van der Waals surface area contributed by atoms with Crippen LogP contribution >= 0.6 is 0 Å². The number of piperidine rings is 1. The summed E-state index contributed by atoms with van der Waals surface area (Å²) in [6.07, 6.45) is 4.64. The summed E-state index contributed by atoms with van der Waals surface area (Å²) >= 11 is 0. The minimum Gasteiger partial charge on any atom is -0.392 e. The molecule has 1 unspecified atom stereocenters. The second-order valence-electron chi connectivity index (χ2n) is 6.10. The predicted octanol–water partition coefficient (Wildman–Crippen LogP) is 1.98. The zero-order chi connectivity index (χ0) is 13.5. The summed E-state index contributed by atoms with van der Waals surface area (Å²) < 4.78 is 0. The Balaban J connectivity index is 2.20. The van der Waals surface area contributed by atoms with Crippen molar-refractivity contribution in [2.75, 3.05) is 39.8 Å². The zero-order valence-corrected chi connectivity index (χ0v) is 12.5. The van der Waals surface area contributed by atoms with Crippen molar-refractivity contribution in [1.82, 2.24) is 9.80 Å². The lowest BCUT2D eigenvalue weighted by Crippen LogP contribution is -2.40. The van der Waals surface area contributed by atoms with Crippen molar-refractivity contribution in [3.05, 3.63) is 11.6 Å². The number of hydrogen-bond donors (Lipinski definition) is 1. The molecule has 1 aliphatic heterocycles. The molecule has 0 amide bonds. The fourth-order valence-electron chi connectivity index (χ4n) is 2.58. The minimum absolute atomic E-state index is 0.193. The summed E-state index contributed by atoms with van der Waals surface area (Å²) in [4.78, 5) is 4.80. The first-order valence-corrected chi connectivity index (χ1v) is 7.19. The summed E-state index contributed by atoms with van der Waals surface area (Å²) in [5.41, 5.74) is 1.40. The average Bonchev–Trinajstić information content (AvgIpc) is 2.28. The first kappa shape index (κ1) is 15.7. The molecule has 3 heteroatoms. The van der Waals surface area contributed by atoms with E-state index in [-0.39, 0.29) is 6.10 Å². The smallest absolute Gasteiger partial charge is 0.0639 e. The van der Waals surface area contributed by atoms with Gasteiger partial charge in [0.15, 0.2) is 0 Å². The maximum absolute atomic E-state index is 9.38. The number of nitrogens with zero attached hydrogens (tertiary/aromatic N) is 2. The van der Waals surface area contributed by atoms with Crippen LogP contribution in [0.25, 0.3) is 0 Å². The molecule has 0 aromatic heterocycles. The van der Waals surface area contributed by atoms with Gasteiger partial charge in [-0.2, -0.15) is 0 Å². The van der Waals surface area contributed by atoms with Crippen LogP contribution in [-0.2, 0) is 0 Å². The van der Waals surface area contributed by atoms with Gasteiger partial charge in [0, 0.05) is 19.6 Å². The number of rotatable bonds is 6. The third-order valence-corrected chi connectivity index (χ3v) is 3.61. The van der Waals surface area contributed by atoms with Gasteiger partial charge < -0.3 is 14.9 Å². The largest absolute Gasteiger partial charge is 0.392 e. The van der Waals surface area contributed by atoms with Gasteiger partial charge in [0.2, 0.25) is 0 Å². The van der Waals surface area contributed by atoms with Crippen LogP contribution in [0.15, 0.2) is 11.6 Å². The van der Waals surface area contributed by atoms with Crippen LogP contribution < -0.4 is 0 Å². The Hall–Kier alpha value is -0.380. The molecule has 0 aromatic rings. The normalized spacial score (nSPS) is 20.1. The number of allylic oxidation sites excluding steroid dienone is 1. The third-order valence-electron chi connectivity index (χ3n) is 3.61. The van der Waals surface area contributed by atoms with Gasteiger partial charge in [0.1, 0.15) is 0 Å². The first-order chi connectivity index (χ1) is 8.47. The molecule has 1 atom stereocenters. The van der Waals surface area contributed by atoms with E-state index >= 15 is 0 Å². The Bertz CT molecular complexity index is 251. The molecule has 0 spiro atoms. The number of hydrogen-bond acceptors (Lipinski definition) is 3. The van der Waals surface area contributed by atoms with E-state index in [9.17, 15) is 5.11 Å². The number of likely N-dealkylation sites (tertiary alicyclic amines) is 1. The lowest BCUT2D eigenvalue weighted by atomic mass is 9.96. The van der Waals surface area contributed by atoms with Gasteiger partial charge >= 0.3 is 0 Å². The lowest BCUT2D eigenvalue weighted by molar-refractivity contribution is 0.0935.